The Morgan fingerprint density at radius 1 is 1.28 bits per heavy atom. The summed E-state index contributed by atoms with van der Waals surface area (Å²) < 4.78 is 6.97. The van der Waals surface area contributed by atoms with E-state index in [0.29, 0.717) is 11.5 Å². The Morgan fingerprint density at radius 2 is 2.00 bits per heavy atom. The van der Waals surface area contributed by atoms with E-state index < -0.39 is 36.9 Å². The molecule has 9 nitrogen and oxygen atoms in total. The Kier molecular flexibility index (Phi) is 6.75. The summed E-state index contributed by atoms with van der Waals surface area (Å²) in [5.74, 6) is -0.649. The van der Waals surface area contributed by atoms with Crippen LogP contribution in [-0.2, 0) is 16.1 Å². The van der Waals surface area contributed by atoms with Gasteiger partial charge >= 0.3 is 0 Å². The Morgan fingerprint density at radius 3 is 2.69 bits per heavy atom. The second kappa shape index (κ2) is 9.27. The van der Waals surface area contributed by atoms with Crippen molar-refractivity contribution in [1.29, 1.82) is 0 Å². The number of hydrogen-bond acceptors (Lipinski definition) is 8. The lowest BCUT2D eigenvalue weighted by molar-refractivity contribution is -0.138. The summed E-state index contributed by atoms with van der Waals surface area (Å²) in [6.45, 7) is 0.881. The van der Waals surface area contributed by atoms with Crippen molar-refractivity contribution < 1.29 is 30.0 Å². The van der Waals surface area contributed by atoms with E-state index in [0.717, 1.165) is 5.56 Å². The normalized spacial score (nSPS) is 23.8. The van der Waals surface area contributed by atoms with Gasteiger partial charge in [0.25, 0.3) is 0 Å². The number of Topliss-reactive ketones (excluding diaryl/α,β-unsaturated/α-hetero) is 1. The maximum atomic E-state index is 12.6. The summed E-state index contributed by atoms with van der Waals surface area (Å²) in [6, 6.07) is 9.43. The highest BCUT2D eigenvalue weighted by Crippen LogP contribution is 2.30. The van der Waals surface area contributed by atoms with Crippen molar-refractivity contribution in [2.24, 2.45) is 5.92 Å². The van der Waals surface area contributed by atoms with Crippen LogP contribution in [-0.4, -0.2) is 72.2 Å². The van der Waals surface area contributed by atoms with E-state index >= 15 is 0 Å². The number of ketones is 1. The molecule has 5 atom stereocenters. The number of ether oxygens (including phenoxy) is 1. The monoisotopic (exact) mass is 403 g/mol. The highest BCUT2D eigenvalue weighted by molar-refractivity contribution is 5.78. The average Bonchev–Trinajstić information content (AvgIpc) is 3.17. The van der Waals surface area contributed by atoms with Crippen LogP contribution in [0.2, 0.25) is 0 Å². The minimum absolute atomic E-state index is 0.0584. The maximum absolute atomic E-state index is 12.6. The number of carbonyl (C=O) groups excluding carboxylic acids is 1. The molecule has 1 aliphatic heterocycles. The molecule has 29 heavy (non-hydrogen) atoms. The number of aromatic nitrogens is 3. The van der Waals surface area contributed by atoms with Gasteiger partial charge in [0.2, 0.25) is 0 Å². The van der Waals surface area contributed by atoms with Crippen LogP contribution >= 0.6 is 0 Å². The number of rotatable bonds is 8. The van der Waals surface area contributed by atoms with Gasteiger partial charge in [-0.15, -0.1) is 5.10 Å². The van der Waals surface area contributed by atoms with Gasteiger partial charge in [-0.1, -0.05) is 35.5 Å². The van der Waals surface area contributed by atoms with E-state index in [-0.39, 0.29) is 18.7 Å². The van der Waals surface area contributed by atoms with E-state index in [4.69, 9.17) is 9.84 Å². The van der Waals surface area contributed by atoms with Gasteiger partial charge < -0.3 is 25.2 Å². The first-order chi connectivity index (χ1) is 13.9. The third kappa shape index (κ3) is 5.07. The number of benzene rings is 1. The van der Waals surface area contributed by atoms with Crippen LogP contribution in [0.5, 0.6) is 0 Å². The number of hydrogen-bond donors (Lipinski definition) is 4. The van der Waals surface area contributed by atoms with Crippen molar-refractivity contribution in [3.63, 3.8) is 0 Å². The van der Waals surface area contributed by atoms with E-state index in [1.54, 1.807) is 13.1 Å². The molecule has 1 aromatic carbocycles. The molecule has 4 N–H and O–H groups in total. The van der Waals surface area contributed by atoms with Crippen molar-refractivity contribution in [3.05, 3.63) is 48.4 Å². The van der Waals surface area contributed by atoms with Crippen molar-refractivity contribution in [2.45, 2.75) is 44.3 Å². The first kappa shape index (κ1) is 21.1. The van der Waals surface area contributed by atoms with Gasteiger partial charge in [-0.2, -0.15) is 0 Å². The van der Waals surface area contributed by atoms with Crippen LogP contribution in [0, 0.1) is 5.92 Å². The van der Waals surface area contributed by atoms with Crippen LogP contribution in [0.3, 0.4) is 0 Å². The third-order valence-electron chi connectivity index (χ3n) is 4.92. The zero-order valence-electron chi connectivity index (χ0n) is 16.0. The summed E-state index contributed by atoms with van der Waals surface area (Å²) in [6.07, 6.45) is -1.95. The molecule has 0 saturated heterocycles. The molecule has 3 unspecified atom stereocenters. The summed E-state index contributed by atoms with van der Waals surface area (Å²) in [5, 5.41) is 47.5. The van der Waals surface area contributed by atoms with E-state index in [1.807, 2.05) is 30.3 Å². The molecule has 9 heteroatoms. The van der Waals surface area contributed by atoms with E-state index in [9.17, 15) is 20.1 Å². The van der Waals surface area contributed by atoms with Gasteiger partial charge in [-0.3, -0.25) is 4.79 Å². The predicted molar refractivity (Wildman–Crippen MR) is 102 cm³/mol. The van der Waals surface area contributed by atoms with Crippen molar-refractivity contribution in [2.75, 3.05) is 6.61 Å². The fourth-order valence-electron chi connectivity index (χ4n) is 3.41. The van der Waals surface area contributed by atoms with Crippen LogP contribution < -0.4 is 0 Å². The van der Waals surface area contributed by atoms with E-state index in [1.165, 1.54) is 10.8 Å². The molecule has 2 heterocycles. The van der Waals surface area contributed by atoms with Gasteiger partial charge in [0.1, 0.15) is 30.6 Å². The number of carbonyl (C=O) groups is 1. The van der Waals surface area contributed by atoms with Crippen LogP contribution in [0.25, 0.3) is 11.3 Å². The lowest BCUT2D eigenvalue weighted by Crippen LogP contribution is -2.50. The molecule has 0 amide bonds. The van der Waals surface area contributed by atoms with Crippen LogP contribution in [0.1, 0.15) is 13.3 Å². The fourth-order valence-corrected chi connectivity index (χ4v) is 3.41. The number of aliphatic hydroxyl groups is 4. The SMILES string of the molecule is CC1=C[C@@H](O)[C@@H](CC(=O)Cn2cc(-c3ccccc3)nn2)C(C(O)C(O)CO)O1. The highest BCUT2D eigenvalue weighted by Gasteiger charge is 2.41. The Labute approximate surface area is 167 Å². The fraction of sp³-hybridized carbons (Fsp3) is 0.450. The topological polar surface area (TPSA) is 138 Å². The molecule has 156 valence electrons. The summed E-state index contributed by atoms with van der Waals surface area (Å²) in [4.78, 5) is 12.6. The van der Waals surface area contributed by atoms with Crippen LogP contribution in [0.15, 0.2) is 48.4 Å². The van der Waals surface area contributed by atoms with Gasteiger partial charge in [-0.25, -0.2) is 4.68 Å². The quantitative estimate of drug-likeness (QED) is 0.479. The molecule has 0 aliphatic carbocycles. The minimum Gasteiger partial charge on any atom is -0.492 e. The van der Waals surface area contributed by atoms with E-state index in [2.05, 4.69) is 10.3 Å². The first-order valence-electron chi connectivity index (χ1n) is 9.36. The summed E-state index contributed by atoms with van der Waals surface area (Å²) in [7, 11) is 0. The smallest absolute Gasteiger partial charge is 0.154 e. The molecule has 0 fully saturated rings. The largest absolute Gasteiger partial charge is 0.492 e. The minimum atomic E-state index is -1.45. The Balaban J connectivity index is 1.68. The second-order valence-corrected chi connectivity index (χ2v) is 7.16. The molecule has 3 rings (SSSR count). The zero-order chi connectivity index (χ0) is 21.0. The van der Waals surface area contributed by atoms with Gasteiger partial charge in [0, 0.05) is 17.9 Å². The first-order valence-corrected chi connectivity index (χ1v) is 9.36. The lowest BCUT2D eigenvalue weighted by atomic mass is 9.84. The maximum Gasteiger partial charge on any atom is 0.154 e. The van der Waals surface area contributed by atoms with Gasteiger partial charge in [0.05, 0.1) is 24.7 Å². The standard InChI is InChI=1S/C20H25N3O6/c1-12-7-17(26)15(20(29-12)19(28)18(27)11-24)8-14(25)9-23-10-16(21-22-23)13-5-3-2-4-6-13/h2-7,10,15,17-20,24,26-28H,8-9,11H2,1H3/t15-,17-,18?,19?,20?/m1/s1. The third-order valence-corrected chi connectivity index (χ3v) is 4.92. The molecule has 0 spiro atoms. The van der Waals surface area contributed by atoms with Crippen molar-refractivity contribution in [1.82, 2.24) is 15.0 Å². The average molecular weight is 403 g/mol. The zero-order valence-corrected chi connectivity index (χ0v) is 16.0. The Bertz CT molecular complexity index is 853. The van der Waals surface area contributed by atoms with Crippen LogP contribution in [0.4, 0.5) is 0 Å². The highest BCUT2D eigenvalue weighted by atomic mass is 16.5. The molecular weight excluding hydrogens is 378 g/mol. The molecule has 1 aromatic heterocycles. The Hall–Kier alpha value is -2.59. The second-order valence-electron chi connectivity index (χ2n) is 7.16. The number of allylic oxidation sites excluding steroid dienone is 1. The molecule has 0 radical (unpaired) electrons. The summed E-state index contributed by atoms with van der Waals surface area (Å²) >= 11 is 0. The molecule has 2 aromatic rings. The van der Waals surface area contributed by atoms with Crippen molar-refractivity contribution in [3.8, 4) is 11.3 Å². The number of aliphatic hydroxyl groups excluding tert-OH is 4. The molecule has 1 aliphatic rings. The molecule has 0 saturated carbocycles. The van der Waals surface area contributed by atoms with Crippen molar-refractivity contribution >= 4 is 5.78 Å². The molecular formula is C20H25N3O6. The van der Waals surface area contributed by atoms with Gasteiger partial charge in [0.15, 0.2) is 5.78 Å². The molecule has 0 bridgehead atoms. The van der Waals surface area contributed by atoms with Gasteiger partial charge in [-0.05, 0) is 13.0 Å². The predicted octanol–water partition coefficient (Wildman–Crippen LogP) is -0.102. The lowest BCUT2D eigenvalue weighted by Gasteiger charge is -2.38. The summed E-state index contributed by atoms with van der Waals surface area (Å²) in [5.41, 5.74) is 1.52. The number of nitrogens with zero attached hydrogens (tertiary/aromatic N) is 3.